The maximum atomic E-state index is 11.9. The van der Waals surface area contributed by atoms with Gasteiger partial charge in [0, 0.05) is 0 Å². The van der Waals surface area contributed by atoms with Crippen molar-refractivity contribution in [3.8, 4) is 0 Å². The summed E-state index contributed by atoms with van der Waals surface area (Å²) < 4.78 is 6.07. The summed E-state index contributed by atoms with van der Waals surface area (Å²) in [6, 6.07) is 0. The standard InChI is InChI=1S/C14H21NO3/c1-2-3-4-5-7-14-8-6-9(18-14)10-11(14)13(17)15-12(10)16/h9-11H,2-8H2,1H3,(H,15,16,17). The molecule has 3 fully saturated rings. The number of imide groups is 1. The van der Waals surface area contributed by atoms with Crippen molar-refractivity contribution in [2.75, 3.05) is 0 Å². The second-order valence-corrected chi connectivity index (χ2v) is 5.93. The Morgan fingerprint density at radius 1 is 1.28 bits per heavy atom. The van der Waals surface area contributed by atoms with Crippen LogP contribution in [-0.4, -0.2) is 23.5 Å². The molecule has 0 aromatic rings. The highest BCUT2D eigenvalue weighted by molar-refractivity contribution is 6.06. The van der Waals surface area contributed by atoms with Crippen LogP contribution in [0.15, 0.2) is 0 Å². The summed E-state index contributed by atoms with van der Waals surface area (Å²) in [4.78, 5) is 23.7. The second kappa shape index (κ2) is 4.34. The Bertz CT molecular complexity index is 381. The van der Waals surface area contributed by atoms with Crippen molar-refractivity contribution in [2.45, 2.75) is 63.6 Å². The molecule has 3 aliphatic rings. The third kappa shape index (κ3) is 1.62. The van der Waals surface area contributed by atoms with E-state index < -0.39 is 0 Å². The predicted octanol–water partition coefficient (Wildman–Crippen LogP) is 1.78. The second-order valence-electron chi connectivity index (χ2n) is 5.93. The first-order valence-corrected chi connectivity index (χ1v) is 7.20. The average molecular weight is 251 g/mol. The van der Waals surface area contributed by atoms with E-state index >= 15 is 0 Å². The largest absolute Gasteiger partial charge is 0.370 e. The van der Waals surface area contributed by atoms with E-state index in [4.69, 9.17) is 4.74 Å². The molecular formula is C14H21NO3. The molecule has 4 heteroatoms. The van der Waals surface area contributed by atoms with Crippen LogP contribution in [0.3, 0.4) is 0 Å². The molecule has 1 N–H and O–H groups in total. The topological polar surface area (TPSA) is 55.4 Å². The number of fused-ring (bicyclic) bond motifs is 5. The highest BCUT2D eigenvalue weighted by Crippen LogP contribution is 2.55. The normalized spacial score (nSPS) is 41.3. The molecule has 3 aliphatic heterocycles. The monoisotopic (exact) mass is 251 g/mol. The van der Waals surface area contributed by atoms with Crippen LogP contribution in [0.2, 0.25) is 0 Å². The summed E-state index contributed by atoms with van der Waals surface area (Å²) in [5.41, 5.74) is -0.320. The van der Waals surface area contributed by atoms with Crippen molar-refractivity contribution in [1.82, 2.24) is 5.32 Å². The fourth-order valence-corrected chi connectivity index (χ4v) is 4.02. The molecule has 0 saturated carbocycles. The molecule has 3 rings (SSSR count). The number of carbonyl (C=O) groups is 2. The summed E-state index contributed by atoms with van der Waals surface area (Å²) >= 11 is 0. The molecule has 4 nitrogen and oxygen atoms in total. The number of nitrogens with one attached hydrogen (secondary N) is 1. The number of rotatable bonds is 5. The maximum absolute atomic E-state index is 11.9. The lowest BCUT2D eigenvalue weighted by molar-refractivity contribution is -0.131. The molecule has 3 saturated heterocycles. The van der Waals surface area contributed by atoms with Crippen LogP contribution in [0, 0.1) is 11.8 Å². The van der Waals surface area contributed by atoms with Gasteiger partial charge in [-0.3, -0.25) is 14.9 Å². The van der Waals surface area contributed by atoms with E-state index in [1.165, 1.54) is 19.3 Å². The zero-order chi connectivity index (χ0) is 12.8. The van der Waals surface area contributed by atoms with Crippen molar-refractivity contribution in [2.24, 2.45) is 11.8 Å². The van der Waals surface area contributed by atoms with Crippen LogP contribution in [0.5, 0.6) is 0 Å². The van der Waals surface area contributed by atoms with Gasteiger partial charge in [0.25, 0.3) is 0 Å². The minimum absolute atomic E-state index is 0.00683. The van der Waals surface area contributed by atoms with Gasteiger partial charge in [-0.25, -0.2) is 0 Å². The third-order valence-corrected chi connectivity index (χ3v) is 4.85. The van der Waals surface area contributed by atoms with Gasteiger partial charge >= 0.3 is 0 Å². The lowest BCUT2D eigenvalue weighted by atomic mass is 9.71. The van der Waals surface area contributed by atoms with E-state index in [9.17, 15) is 9.59 Å². The van der Waals surface area contributed by atoms with Crippen LogP contribution in [0.4, 0.5) is 0 Å². The zero-order valence-electron chi connectivity index (χ0n) is 10.9. The zero-order valence-corrected chi connectivity index (χ0v) is 10.9. The molecular weight excluding hydrogens is 230 g/mol. The average Bonchev–Trinajstić information content (AvgIpc) is 2.97. The molecule has 0 aromatic carbocycles. The molecule has 0 spiro atoms. The van der Waals surface area contributed by atoms with E-state index in [0.29, 0.717) is 0 Å². The number of hydrogen-bond donors (Lipinski definition) is 1. The molecule has 0 radical (unpaired) electrons. The van der Waals surface area contributed by atoms with Crippen molar-refractivity contribution in [1.29, 1.82) is 0 Å². The highest BCUT2D eigenvalue weighted by Gasteiger charge is 2.66. The van der Waals surface area contributed by atoms with Gasteiger partial charge in [0.05, 0.1) is 23.5 Å². The summed E-state index contributed by atoms with van der Waals surface area (Å²) in [5.74, 6) is -0.601. The Morgan fingerprint density at radius 3 is 2.89 bits per heavy atom. The van der Waals surface area contributed by atoms with Gasteiger partial charge in [-0.1, -0.05) is 32.6 Å². The van der Waals surface area contributed by atoms with Crippen LogP contribution in [0.25, 0.3) is 0 Å². The van der Waals surface area contributed by atoms with Gasteiger partial charge in [0.15, 0.2) is 0 Å². The minimum atomic E-state index is -0.320. The Labute approximate surface area is 107 Å². The number of amides is 2. The first kappa shape index (κ1) is 12.2. The van der Waals surface area contributed by atoms with E-state index in [1.54, 1.807) is 0 Å². The quantitative estimate of drug-likeness (QED) is 0.598. The third-order valence-electron chi connectivity index (χ3n) is 4.85. The smallest absolute Gasteiger partial charge is 0.233 e. The van der Waals surface area contributed by atoms with Gasteiger partial charge < -0.3 is 4.74 Å². The van der Waals surface area contributed by atoms with Crippen LogP contribution in [-0.2, 0) is 14.3 Å². The molecule has 4 atom stereocenters. The van der Waals surface area contributed by atoms with Crippen molar-refractivity contribution < 1.29 is 14.3 Å². The van der Waals surface area contributed by atoms with Crippen molar-refractivity contribution >= 4 is 11.8 Å². The summed E-state index contributed by atoms with van der Waals surface area (Å²) in [6.45, 7) is 2.19. The lowest BCUT2D eigenvalue weighted by Gasteiger charge is -2.30. The van der Waals surface area contributed by atoms with Crippen LogP contribution in [0.1, 0.15) is 51.9 Å². The van der Waals surface area contributed by atoms with Gasteiger partial charge in [-0.2, -0.15) is 0 Å². The first-order valence-electron chi connectivity index (χ1n) is 7.20. The highest BCUT2D eigenvalue weighted by atomic mass is 16.5. The summed E-state index contributed by atoms with van der Waals surface area (Å²) in [7, 11) is 0. The Kier molecular flexibility index (Phi) is 2.93. The van der Waals surface area contributed by atoms with E-state index in [1.807, 2.05) is 0 Å². The van der Waals surface area contributed by atoms with Gasteiger partial charge in [0.2, 0.25) is 11.8 Å². The van der Waals surface area contributed by atoms with E-state index in [-0.39, 0.29) is 35.4 Å². The lowest BCUT2D eigenvalue weighted by Crippen LogP contribution is -2.40. The van der Waals surface area contributed by atoms with Gasteiger partial charge in [-0.15, -0.1) is 0 Å². The van der Waals surface area contributed by atoms with E-state index in [2.05, 4.69) is 12.2 Å². The molecule has 3 heterocycles. The molecule has 2 amide bonds. The summed E-state index contributed by atoms with van der Waals surface area (Å²) in [6.07, 6.45) is 7.56. The van der Waals surface area contributed by atoms with Crippen molar-refractivity contribution in [3.05, 3.63) is 0 Å². The number of ether oxygens (including phenoxy) is 1. The minimum Gasteiger partial charge on any atom is -0.370 e. The predicted molar refractivity (Wildman–Crippen MR) is 65.7 cm³/mol. The molecule has 0 aliphatic carbocycles. The molecule has 100 valence electrons. The number of carbonyl (C=O) groups excluding carboxylic acids is 2. The van der Waals surface area contributed by atoms with Crippen molar-refractivity contribution in [3.63, 3.8) is 0 Å². The summed E-state index contributed by atoms with van der Waals surface area (Å²) in [5, 5.41) is 2.49. The maximum Gasteiger partial charge on any atom is 0.233 e. The Balaban J connectivity index is 1.72. The van der Waals surface area contributed by atoms with Gasteiger partial charge in [0.1, 0.15) is 0 Å². The van der Waals surface area contributed by atoms with Gasteiger partial charge in [-0.05, 0) is 19.3 Å². The van der Waals surface area contributed by atoms with Crippen LogP contribution >= 0.6 is 0 Å². The number of unbranched alkanes of at least 4 members (excludes halogenated alkanes) is 3. The molecule has 4 unspecified atom stereocenters. The first-order chi connectivity index (χ1) is 8.68. The molecule has 0 aromatic heterocycles. The Morgan fingerprint density at radius 2 is 2.11 bits per heavy atom. The number of hydrogen-bond acceptors (Lipinski definition) is 3. The fraction of sp³-hybridized carbons (Fsp3) is 0.857. The SMILES string of the molecule is CCCCCCC12CCC(O1)C1C(=O)NC(=O)C12. The van der Waals surface area contributed by atoms with E-state index in [0.717, 1.165) is 25.7 Å². The molecule has 18 heavy (non-hydrogen) atoms. The fourth-order valence-electron chi connectivity index (χ4n) is 4.02. The Hall–Kier alpha value is -0.900. The van der Waals surface area contributed by atoms with Crippen LogP contribution < -0.4 is 5.32 Å². The molecule has 2 bridgehead atoms.